The number of ether oxygens (including phenoxy) is 2. The van der Waals surface area contributed by atoms with Crippen LogP contribution in [0.15, 0.2) is 59.5 Å². The number of sulfonamides is 1. The van der Waals surface area contributed by atoms with Gasteiger partial charge in [0.15, 0.2) is 0 Å². The zero-order valence-corrected chi connectivity index (χ0v) is 26.8. The summed E-state index contributed by atoms with van der Waals surface area (Å²) in [4.78, 5) is 25.3. The molecule has 1 N–H and O–H groups in total. The Morgan fingerprint density at radius 1 is 0.955 bits per heavy atom. The Bertz CT molecular complexity index is 1580. The Morgan fingerprint density at radius 3 is 2.18 bits per heavy atom. The number of carbonyl (C=O) groups is 2. The molecule has 236 valence electrons. The number of methoxy groups -OCH3 is 1. The highest BCUT2D eigenvalue weighted by Gasteiger charge is 2.33. The van der Waals surface area contributed by atoms with Crippen molar-refractivity contribution < 1.29 is 31.9 Å². The van der Waals surface area contributed by atoms with Crippen LogP contribution < -0.4 is 10.1 Å². The molecule has 0 aliphatic heterocycles. The van der Waals surface area contributed by atoms with E-state index in [1.165, 1.54) is 10.4 Å². The number of hydrogen-bond acceptors (Lipinski definition) is 6. The minimum Gasteiger partial charge on any atom is -0.497 e. The molecule has 0 radical (unpaired) electrons. The molecule has 3 aromatic rings. The average Bonchev–Trinajstić information content (AvgIpc) is 2.99. The van der Waals surface area contributed by atoms with Crippen LogP contribution in [-0.2, 0) is 26.1 Å². The lowest BCUT2D eigenvalue weighted by atomic mass is 9.82. The van der Waals surface area contributed by atoms with Gasteiger partial charge in [-0.15, -0.1) is 0 Å². The van der Waals surface area contributed by atoms with E-state index >= 15 is 4.39 Å². The third-order valence-corrected chi connectivity index (χ3v) is 9.99. The van der Waals surface area contributed by atoms with Crippen LogP contribution >= 0.6 is 0 Å². The molecule has 44 heavy (non-hydrogen) atoms. The molecule has 4 rings (SSSR count). The van der Waals surface area contributed by atoms with Crippen molar-refractivity contribution in [2.24, 2.45) is 11.8 Å². The van der Waals surface area contributed by atoms with Crippen LogP contribution in [0.4, 0.5) is 10.1 Å². The number of halogens is 1. The molecule has 0 heterocycles. The van der Waals surface area contributed by atoms with Crippen LogP contribution in [0.2, 0.25) is 0 Å². The van der Waals surface area contributed by atoms with Gasteiger partial charge >= 0.3 is 5.97 Å². The van der Waals surface area contributed by atoms with Crippen molar-refractivity contribution in [1.29, 1.82) is 0 Å². The van der Waals surface area contributed by atoms with E-state index in [-0.39, 0.29) is 41.4 Å². The SMILES string of the molecule is CCOC(=O)C1CCC(CN(Cc2ccc(OC)cc2)S(=O)(=O)c2ccc(F)c(C(=O)Nc3c(C)cc(C)cc3C)c2)CC1. The van der Waals surface area contributed by atoms with Crippen LogP contribution in [0.3, 0.4) is 0 Å². The topological polar surface area (TPSA) is 102 Å². The van der Waals surface area contributed by atoms with Crippen molar-refractivity contribution in [2.45, 2.75) is 64.8 Å². The number of amides is 1. The van der Waals surface area contributed by atoms with Gasteiger partial charge in [0.25, 0.3) is 5.91 Å². The lowest BCUT2D eigenvalue weighted by Gasteiger charge is -2.31. The predicted octanol–water partition coefficient (Wildman–Crippen LogP) is 6.57. The second-order valence-electron chi connectivity index (χ2n) is 11.5. The summed E-state index contributed by atoms with van der Waals surface area (Å²) >= 11 is 0. The van der Waals surface area contributed by atoms with Crippen molar-refractivity contribution in [3.63, 3.8) is 0 Å². The van der Waals surface area contributed by atoms with Crippen LogP contribution in [0, 0.1) is 38.4 Å². The Kier molecular flexibility index (Phi) is 10.8. The maximum atomic E-state index is 15.0. The van der Waals surface area contributed by atoms with Crippen LogP contribution in [0.25, 0.3) is 0 Å². The lowest BCUT2D eigenvalue weighted by Crippen LogP contribution is -2.37. The average molecular weight is 625 g/mol. The molecule has 0 aromatic heterocycles. The first kappa shape index (κ1) is 33.1. The van der Waals surface area contributed by atoms with Gasteiger partial charge in [-0.05, 0) is 106 Å². The molecule has 1 fully saturated rings. The summed E-state index contributed by atoms with van der Waals surface area (Å²) in [6.07, 6.45) is 2.59. The van der Waals surface area contributed by atoms with E-state index in [9.17, 15) is 18.0 Å². The highest BCUT2D eigenvalue weighted by atomic mass is 32.2. The lowest BCUT2D eigenvalue weighted by molar-refractivity contribution is -0.149. The molecular weight excluding hydrogens is 583 g/mol. The van der Waals surface area contributed by atoms with E-state index in [4.69, 9.17) is 9.47 Å². The van der Waals surface area contributed by atoms with Gasteiger partial charge in [0.2, 0.25) is 10.0 Å². The van der Waals surface area contributed by atoms with Gasteiger partial charge in [-0.1, -0.05) is 29.8 Å². The number of esters is 1. The molecule has 8 nitrogen and oxygen atoms in total. The number of benzene rings is 3. The third-order valence-electron chi connectivity index (χ3n) is 8.18. The number of anilines is 1. The first-order valence-electron chi connectivity index (χ1n) is 14.9. The molecule has 0 saturated heterocycles. The fraction of sp³-hybridized carbons (Fsp3) is 0.412. The zero-order chi connectivity index (χ0) is 32.0. The molecule has 0 bridgehead atoms. The van der Waals surface area contributed by atoms with Crippen molar-refractivity contribution >= 4 is 27.6 Å². The number of carbonyl (C=O) groups excluding carboxylic acids is 2. The molecule has 1 amide bonds. The summed E-state index contributed by atoms with van der Waals surface area (Å²) in [6.45, 7) is 8.04. The monoisotopic (exact) mass is 624 g/mol. The number of nitrogens with zero attached hydrogens (tertiary/aromatic N) is 1. The first-order chi connectivity index (χ1) is 20.9. The Labute approximate surface area is 259 Å². The maximum absolute atomic E-state index is 15.0. The Hall–Kier alpha value is -3.76. The van der Waals surface area contributed by atoms with E-state index in [1.54, 1.807) is 38.3 Å². The Morgan fingerprint density at radius 2 is 1.59 bits per heavy atom. The second-order valence-corrected chi connectivity index (χ2v) is 13.4. The van der Waals surface area contributed by atoms with E-state index < -0.39 is 21.7 Å². The molecule has 10 heteroatoms. The summed E-state index contributed by atoms with van der Waals surface area (Å²) in [6, 6.07) is 14.3. The highest BCUT2D eigenvalue weighted by molar-refractivity contribution is 7.89. The minimum atomic E-state index is -4.16. The van der Waals surface area contributed by atoms with E-state index in [2.05, 4.69) is 5.32 Å². The van der Waals surface area contributed by atoms with Crippen molar-refractivity contribution in [3.05, 3.63) is 88.2 Å². The van der Waals surface area contributed by atoms with E-state index in [0.29, 0.717) is 43.7 Å². The zero-order valence-electron chi connectivity index (χ0n) is 26.0. The fourth-order valence-electron chi connectivity index (χ4n) is 5.86. The van der Waals surface area contributed by atoms with Crippen LogP contribution in [0.1, 0.15) is 65.2 Å². The highest BCUT2D eigenvalue weighted by Crippen LogP contribution is 2.33. The van der Waals surface area contributed by atoms with Gasteiger partial charge in [0.1, 0.15) is 11.6 Å². The molecule has 0 atom stereocenters. The smallest absolute Gasteiger partial charge is 0.308 e. The van der Waals surface area contributed by atoms with Crippen LogP contribution in [0.5, 0.6) is 5.75 Å². The van der Waals surface area contributed by atoms with Crippen molar-refractivity contribution in [3.8, 4) is 5.75 Å². The largest absolute Gasteiger partial charge is 0.497 e. The molecule has 0 unspecified atom stereocenters. The third kappa shape index (κ3) is 7.84. The summed E-state index contributed by atoms with van der Waals surface area (Å²) in [5.74, 6) is -1.27. The number of aryl methyl sites for hydroxylation is 3. The van der Waals surface area contributed by atoms with Crippen LogP contribution in [-0.4, -0.2) is 44.9 Å². The molecular formula is C34H41FN2O6S. The van der Waals surface area contributed by atoms with Gasteiger partial charge < -0.3 is 14.8 Å². The molecule has 1 aliphatic rings. The second kappa shape index (κ2) is 14.3. The summed E-state index contributed by atoms with van der Waals surface area (Å²) in [5, 5.41) is 2.77. The summed E-state index contributed by atoms with van der Waals surface area (Å²) < 4.78 is 55.1. The minimum absolute atomic E-state index is 0.0180. The quantitative estimate of drug-likeness (QED) is 0.242. The van der Waals surface area contributed by atoms with Crippen molar-refractivity contribution in [2.75, 3.05) is 25.6 Å². The number of hydrogen-bond donors (Lipinski definition) is 1. The van der Waals surface area contributed by atoms with Gasteiger partial charge in [-0.3, -0.25) is 9.59 Å². The Balaban J connectivity index is 1.61. The molecule has 0 spiro atoms. The molecule has 1 saturated carbocycles. The first-order valence-corrected chi connectivity index (χ1v) is 16.3. The molecule has 3 aromatic carbocycles. The van der Waals surface area contributed by atoms with Gasteiger partial charge in [-0.25, -0.2) is 12.8 Å². The summed E-state index contributed by atoms with van der Waals surface area (Å²) in [7, 11) is -2.60. The van der Waals surface area contributed by atoms with Gasteiger partial charge in [-0.2, -0.15) is 4.31 Å². The molecule has 1 aliphatic carbocycles. The van der Waals surface area contributed by atoms with Crippen molar-refractivity contribution in [1.82, 2.24) is 4.31 Å². The maximum Gasteiger partial charge on any atom is 0.308 e. The van der Waals surface area contributed by atoms with E-state index in [1.807, 2.05) is 32.9 Å². The van der Waals surface area contributed by atoms with Gasteiger partial charge in [0.05, 0.1) is 30.1 Å². The number of rotatable bonds is 11. The number of nitrogens with one attached hydrogen (secondary N) is 1. The normalized spacial score (nSPS) is 16.9. The fourth-order valence-corrected chi connectivity index (χ4v) is 7.39. The summed E-state index contributed by atoms with van der Waals surface area (Å²) in [5.41, 5.74) is 3.63. The standard InChI is InChI=1S/C34H41FN2O6S/c1-6-43-34(39)27-11-7-25(8-12-27)20-37(21-26-9-13-28(42-5)14-10-26)44(40,41)29-15-16-31(35)30(19-29)33(38)36-32-23(3)17-22(2)18-24(32)4/h9-10,13-19,25,27H,6-8,11-12,20-21H2,1-5H3,(H,36,38). The predicted molar refractivity (Wildman–Crippen MR) is 168 cm³/mol. The van der Waals surface area contributed by atoms with Gasteiger partial charge in [0, 0.05) is 18.8 Å². The van der Waals surface area contributed by atoms with E-state index in [0.717, 1.165) is 34.4 Å².